The van der Waals surface area contributed by atoms with Gasteiger partial charge in [-0.1, -0.05) is 11.8 Å². The van der Waals surface area contributed by atoms with Crippen LogP contribution in [-0.4, -0.2) is 27.4 Å². The number of hydrogen-bond acceptors (Lipinski definition) is 4. The van der Waals surface area contributed by atoms with Gasteiger partial charge in [-0.3, -0.25) is 4.79 Å². The summed E-state index contributed by atoms with van der Waals surface area (Å²) in [6, 6.07) is 5.42. The lowest BCUT2D eigenvalue weighted by molar-refractivity contribution is 0.102. The number of aliphatic hydroxyl groups excluding tert-OH is 1. The molecule has 5 nitrogen and oxygen atoms in total. The highest BCUT2D eigenvalue weighted by molar-refractivity contribution is 7.14. The third-order valence-corrected chi connectivity index (χ3v) is 3.52. The van der Waals surface area contributed by atoms with E-state index in [1.165, 1.54) is 11.3 Å². The molecule has 6 heteroatoms. The summed E-state index contributed by atoms with van der Waals surface area (Å²) in [6.45, 7) is 3.81. The van der Waals surface area contributed by atoms with Crippen LogP contribution < -0.4 is 5.32 Å². The fourth-order valence-electron chi connectivity index (χ4n) is 1.66. The van der Waals surface area contributed by atoms with Crippen molar-refractivity contribution in [2.75, 3.05) is 11.9 Å². The van der Waals surface area contributed by atoms with Gasteiger partial charge in [0.1, 0.15) is 12.4 Å². The average Bonchev–Trinajstić information content (AvgIpc) is 3.04. The molecule has 2 aromatic rings. The molecule has 0 bridgehead atoms. The summed E-state index contributed by atoms with van der Waals surface area (Å²) in [5.41, 5.74) is 0. The fraction of sp³-hybridized carbons (Fsp3) is 0.286. The van der Waals surface area contributed by atoms with Gasteiger partial charge in [0.15, 0.2) is 0 Å². The topological polar surface area (TPSA) is 67.2 Å². The maximum Gasteiger partial charge on any atom is 0.266 e. The third-order valence-electron chi connectivity index (χ3n) is 2.52. The molecule has 0 fully saturated rings. The van der Waals surface area contributed by atoms with E-state index in [4.69, 9.17) is 5.11 Å². The van der Waals surface area contributed by atoms with Crippen molar-refractivity contribution < 1.29 is 9.90 Å². The van der Waals surface area contributed by atoms with E-state index < -0.39 is 0 Å². The van der Waals surface area contributed by atoms with Crippen LogP contribution in [0, 0.1) is 11.8 Å². The Bertz CT molecular complexity index is 661. The molecule has 0 aliphatic carbocycles. The minimum Gasteiger partial charge on any atom is -0.384 e. The maximum absolute atomic E-state index is 12.1. The molecule has 0 saturated heterocycles. The predicted octanol–water partition coefficient (Wildman–Crippen LogP) is 2.12. The first-order valence-corrected chi connectivity index (χ1v) is 6.98. The number of amides is 1. The zero-order valence-electron chi connectivity index (χ0n) is 11.3. The second kappa shape index (κ2) is 6.37. The van der Waals surface area contributed by atoms with Gasteiger partial charge in [-0.15, -0.1) is 11.3 Å². The summed E-state index contributed by atoms with van der Waals surface area (Å²) in [5, 5.41) is 15.6. The van der Waals surface area contributed by atoms with E-state index in [-0.39, 0.29) is 18.6 Å². The van der Waals surface area contributed by atoms with Crippen molar-refractivity contribution in [1.29, 1.82) is 0 Å². The van der Waals surface area contributed by atoms with Crippen LogP contribution in [0.3, 0.4) is 0 Å². The Kier molecular flexibility index (Phi) is 4.56. The van der Waals surface area contributed by atoms with Gasteiger partial charge < -0.3 is 10.4 Å². The van der Waals surface area contributed by atoms with Gasteiger partial charge in [-0.25, -0.2) is 4.68 Å². The highest BCUT2D eigenvalue weighted by atomic mass is 32.1. The summed E-state index contributed by atoms with van der Waals surface area (Å²) in [5.74, 6) is 5.82. The van der Waals surface area contributed by atoms with Crippen LogP contribution in [0.25, 0.3) is 0 Å². The number of aromatic nitrogens is 2. The van der Waals surface area contributed by atoms with E-state index in [0.29, 0.717) is 10.7 Å². The van der Waals surface area contributed by atoms with Gasteiger partial charge in [0.05, 0.1) is 16.0 Å². The molecular formula is C14H15N3O2S. The fourth-order valence-corrected chi connectivity index (χ4v) is 2.43. The largest absolute Gasteiger partial charge is 0.384 e. The molecule has 1 amide bonds. The first-order valence-electron chi connectivity index (χ1n) is 6.16. The lowest BCUT2D eigenvalue weighted by atomic mass is 10.4. The highest BCUT2D eigenvalue weighted by Gasteiger charge is 2.12. The molecule has 0 atom stereocenters. The van der Waals surface area contributed by atoms with Gasteiger partial charge >= 0.3 is 0 Å². The third kappa shape index (κ3) is 3.26. The van der Waals surface area contributed by atoms with Crippen LogP contribution in [0.15, 0.2) is 24.4 Å². The zero-order chi connectivity index (χ0) is 14.5. The summed E-state index contributed by atoms with van der Waals surface area (Å²) in [4.78, 5) is 13.5. The van der Waals surface area contributed by atoms with Crippen molar-refractivity contribution in [3.63, 3.8) is 0 Å². The summed E-state index contributed by atoms with van der Waals surface area (Å²) in [6.07, 6.45) is 1.65. The molecule has 2 N–H and O–H groups in total. The molecule has 0 spiro atoms. The Labute approximate surface area is 121 Å². The SMILES string of the molecule is CC(C)n1nccc1NC(=O)c1ccc(C#CCO)s1. The second-order valence-corrected chi connectivity index (χ2v) is 5.42. The lowest BCUT2D eigenvalue weighted by Gasteiger charge is -2.11. The van der Waals surface area contributed by atoms with E-state index in [0.717, 1.165) is 4.88 Å². The Balaban J connectivity index is 2.12. The number of hydrogen-bond donors (Lipinski definition) is 2. The van der Waals surface area contributed by atoms with Crippen LogP contribution in [0.5, 0.6) is 0 Å². The van der Waals surface area contributed by atoms with Crippen molar-refractivity contribution in [3.8, 4) is 11.8 Å². The Morgan fingerprint density at radius 1 is 1.50 bits per heavy atom. The quantitative estimate of drug-likeness (QED) is 0.851. The Morgan fingerprint density at radius 3 is 3.00 bits per heavy atom. The van der Waals surface area contributed by atoms with Gasteiger partial charge in [-0.05, 0) is 26.0 Å². The minimum atomic E-state index is -0.187. The molecule has 2 aromatic heterocycles. The number of thiophene rings is 1. The monoisotopic (exact) mass is 289 g/mol. The molecule has 2 rings (SSSR count). The Hall–Kier alpha value is -2.10. The van der Waals surface area contributed by atoms with Crippen LogP contribution >= 0.6 is 11.3 Å². The van der Waals surface area contributed by atoms with Crippen molar-refractivity contribution in [2.45, 2.75) is 19.9 Å². The number of aliphatic hydroxyl groups is 1. The molecule has 104 valence electrons. The van der Waals surface area contributed by atoms with Crippen molar-refractivity contribution in [2.24, 2.45) is 0 Å². The van der Waals surface area contributed by atoms with Gasteiger partial charge in [0.2, 0.25) is 0 Å². The smallest absolute Gasteiger partial charge is 0.266 e. The van der Waals surface area contributed by atoms with E-state index >= 15 is 0 Å². The molecule has 0 radical (unpaired) electrons. The van der Waals surface area contributed by atoms with E-state index in [2.05, 4.69) is 22.3 Å². The van der Waals surface area contributed by atoms with Crippen LogP contribution in [0.1, 0.15) is 34.4 Å². The molecule has 0 aliphatic rings. The van der Waals surface area contributed by atoms with Crippen molar-refractivity contribution in [1.82, 2.24) is 9.78 Å². The molecule has 0 aromatic carbocycles. The molecule has 20 heavy (non-hydrogen) atoms. The van der Waals surface area contributed by atoms with Gasteiger partial charge in [-0.2, -0.15) is 5.10 Å². The molecule has 0 aliphatic heterocycles. The second-order valence-electron chi connectivity index (χ2n) is 4.33. The highest BCUT2D eigenvalue weighted by Crippen LogP contribution is 2.19. The summed E-state index contributed by atoms with van der Waals surface area (Å²) in [7, 11) is 0. The number of carbonyl (C=O) groups is 1. The van der Waals surface area contributed by atoms with Crippen LogP contribution in [0.4, 0.5) is 5.82 Å². The van der Waals surface area contributed by atoms with Crippen LogP contribution in [0.2, 0.25) is 0 Å². The number of rotatable bonds is 3. The summed E-state index contributed by atoms with van der Waals surface area (Å²) < 4.78 is 1.75. The lowest BCUT2D eigenvalue weighted by Crippen LogP contribution is -2.15. The standard InChI is InChI=1S/C14H15N3O2S/c1-10(2)17-13(7-8-15-17)16-14(19)12-6-5-11(20-12)4-3-9-18/h5-8,10,18H,9H2,1-2H3,(H,16,19). The molecule has 0 unspecified atom stereocenters. The number of anilines is 1. The van der Waals surface area contributed by atoms with Crippen molar-refractivity contribution in [3.05, 3.63) is 34.2 Å². The first kappa shape index (κ1) is 14.3. The minimum absolute atomic E-state index is 0.176. The molecule has 0 saturated carbocycles. The normalized spacial score (nSPS) is 10.2. The predicted molar refractivity (Wildman–Crippen MR) is 78.8 cm³/mol. The van der Waals surface area contributed by atoms with E-state index in [9.17, 15) is 4.79 Å². The molecule has 2 heterocycles. The number of nitrogens with one attached hydrogen (secondary N) is 1. The molecular weight excluding hydrogens is 274 g/mol. The van der Waals surface area contributed by atoms with E-state index in [1.807, 2.05) is 13.8 Å². The average molecular weight is 289 g/mol. The maximum atomic E-state index is 12.1. The van der Waals surface area contributed by atoms with E-state index in [1.54, 1.807) is 29.1 Å². The number of carbonyl (C=O) groups excluding carboxylic acids is 1. The van der Waals surface area contributed by atoms with Gasteiger partial charge in [0.25, 0.3) is 5.91 Å². The van der Waals surface area contributed by atoms with Crippen LogP contribution in [-0.2, 0) is 0 Å². The first-order chi connectivity index (χ1) is 9.61. The Morgan fingerprint density at radius 2 is 2.30 bits per heavy atom. The zero-order valence-corrected chi connectivity index (χ0v) is 12.1. The van der Waals surface area contributed by atoms with Crippen molar-refractivity contribution >= 4 is 23.1 Å². The summed E-state index contributed by atoms with van der Waals surface area (Å²) >= 11 is 1.29. The number of nitrogens with zero attached hydrogens (tertiary/aromatic N) is 2. The van der Waals surface area contributed by atoms with Gasteiger partial charge in [0, 0.05) is 12.1 Å².